The van der Waals surface area contributed by atoms with Gasteiger partial charge in [-0.25, -0.2) is 13.3 Å². The highest BCUT2D eigenvalue weighted by Crippen LogP contribution is 2.38. The zero-order valence-corrected chi connectivity index (χ0v) is 19.7. The van der Waals surface area contributed by atoms with E-state index in [4.69, 9.17) is 15.6 Å². The number of nitrogens with zero attached hydrogens (tertiary/aromatic N) is 3. The summed E-state index contributed by atoms with van der Waals surface area (Å²) in [4.78, 5) is 15.2. The highest BCUT2D eigenvalue weighted by atomic mass is 19.1. The lowest BCUT2D eigenvalue weighted by molar-refractivity contribution is 0.0926. The van der Waals surface area contributed by atoms with Gasteiger partial charge in [-0.1, -0.05) is 0 Å². The number of carbonyl (C=O) groups excluding carboxylic acids is 1. The van der Waals surface area contributed by atoms with E-state index in [-0.39, 0.29) is 29.8 Å². The molecule has 2 aliphatic rings. The van der Waals surface area contributed by atoms with E-state index in [1.807, 2.05) is 12.1 Å². The van der Waals surface area contributed by atoms with Gasteiger partial charge in [0.05, 0.1) is 23.3 Å². The molecule has 36 heavy (non-hydrogen) atoms. The lowest BCUT2D eigenvalue weighted by Gasteiger charge is -2.28. The lowest BCUT2D eigenvalue weighted by Crippen LogP contribution is -2.38. The normalized spacial score (nSPS) is 21.9. The van der Waals surface area contributed by atoms with Gasteiger partial charge in [-0.15, -0.1) is 0 Å². The molecule has 2 aromatic heterocycles. The molecule has 1 aliphatic heterocycles. The Morgan fingerprint density at radius 1 is 1.14 bits per heavy atom. The van der Waals surface area contributed by atoms with Crippen LogP contribution in [-0.2, 0) is 4.74 Å². The summed E-state index contributed by atoms with van der Waals surface area (Å²) in [5, 5.41) is 22.3. The van der Waals surface area contributed by atoms with Crippen molar-refractivity contribution in [1.82, 2.24) is 14.9 Å². The van der Waals surface area contributed by atoms with Crippen molar-refractivity contribution >= 4 is 29.4 Å². The first-order chi connectivity index (χ1) is 17.4. The van der Waals surface area contributed by atoms with Crippen molar-refractivity contribution < 1.29 is 18.3 Å². The first-order valence-corrected chi connectivity index (χ1v) is 12.2. The summed E-state index contributed by atoms with van der Waals surface area (Å²) in [7, 11) is 0. The van der Waals surface area contributed by atoms with Crippen LogP contribution in [0.3, 0.4) is 0 Å². The van der Waals surface area contributed by atoms with Crippen LogP contribution in [0, 0.1) is 28.4 Å². The molecule has 0 spiro atoms. The minimum atomic E-state index is -0.462. The number of pyridine rings is 1. The summed E-state index contributed by atoms with van der Waals surface area (Å²) in [6.07, 6.45) is 8.52. The average molecular weight is 495 g/mol. The summed E-state index contributed by atoms with van der Waals surface area (Å²) in [5.74, 6) is -1.03. The molecule has 1 saturated carbocycles. The quantitative estimate of drug-likeness (QED) is 0.337. The topological polar surface area (TPSA) is 107 Å². The highest BCUT2D eigenvalue weighted by molar-refractivity contribution is 6.01. The van der Waals surface area contributed by atoms with E-state index in [0.29, 0.717) is 42.5 Å². The molecule has 1 aromatic carbocycles. The molecule has 0 unspecified atom stereocenters. The van der Waals surface area contributed by atoms with Crippen molar-refractivity contribution in [3.8, 4) is 0 Å². The molecule has 3 heterocycles. The minimum absolute atomic E-state index is 0.0152. The van der Waals surface area contributed by atoms with E-state index in [2.05, 4.69) is 15.3 Å². The first-order valence-electron chi connectivity index (χ1n) is 12.2. The van der Waals surface area contributed by atoms with E-state index in [1.54, 1.807) is 16.9 Å². The summed E-state index contributed by atoms with van der Waals surface area (Å²) < 4.78 is 34.9. The van der Waals surface area contributed by atoms with Crippen molar-refractivity contribution in [2.45, 2.75) is 50.6 Å². The van der Waals surface area contributed by atoms with Crippen LogP contribution in [0.1, 0.15) is 60.5 Å². The monoisotopic (exact) mass is 494 g/mol. The Balaban J connectivity index is 1.33. The van der Waals surface area contributed by atoms with Crippen molar-refractivity contribution in [1.29, 1.82) is 10.8 Å². The van der Waals surface area contributed by atoms with Gasteiger partial charge in [-0.05, 0) is 68.9 Å². The van der Waals surface area contributed by atoms with Crippen LogP contribution in [0.5, 0.6) is 0 Å². The Kier molecular flexibility index (Phi) is 6.67. The zero-order chi connectivity index (χ0) is 25.2. The van der Waals surface area contributed by atoms with Crippen LogP contribution >= 0.6 is 0 Å². The van der Waals surface area contributed by atoms with E-state index < -0.39 is 11.6 Å². The summed E-state index contributed by atoms with van der Waals surface area (Å²) in [5.41, 5.74) is 2.26. The number of rotatable bonds is 6. The molecule has 188 valence electrons. The van der Waals surface area contributed by atoms with Crippen molar-refractivity contribution in [2.24, 2.45) is 5.92 Å². The Hall–Kier alpha value is -3.82. The molecule has 3 aromatic rings. The molecule has 3 N–H and O–H groups in total. The Bertz CT molecular complexity index is 1300. The number of hydrogen-bond donors (Lipinski definition) is 3. The van der Waals surface area contributed by atoms with Gasteiger partial charge in [0.1, 0.15) is 11.6 Å². The molecule has 2 fully saturated rings. The van der Waals surface area contributed by atoms with Crippen LogP contribution in [0.2, 0.25) is 0 Å². The number of carbonyl (C=O) groups is 1. The van der Waals surface area contributed by atoms with Crippen LogP contribution in [0.4, 0.5) is 14.5 Å². The predicted octanol–water partition coefficient (Wildman–Crippen LogP) is 4.84. The number of amides is 1. The van der Waals surface area contributed by atoms with Gasteiger partial charge in [0.2, 0.25) is 0 Å². The number of nitrogens with one attached hydrogen (secondary N) is 3. The van der Waals surface area contributed by atoms with Gasteiger partial charge in [0, 0.05) is 36.0 Å². The Morgan fingerprint density at radius 2 is 1.94 bits per heavy atom. The molecular formula is C26H28F2N6O2. The molecule has 8 nitrogen and oxygen atoms in total. The van der Waals surface area contributed by atoms with Crippen LogP contribution in [-0.4, -0.2) is 40.4 Å². The Labute approximate surface area is 207 Å². The molecule has 0 bridgehead atoms. The second-order valence-electron chi connectivity index (χ2n) is 9.41. The van der Waals surface area contributed by atoms with E-state index in [9.17, 15) is 13.6 Å². The van der Waals surface area contributed by atoms with Crippen LogP contribution in [0.15, 0.2) is 42.7 Å². The third kappa shape index (κ3) is 4.67. The molecule has 1 atom stereocenters. The summed E-state index contributed by atoms with van der Waals surface area (Å²) >= 11 is 0. The van der Waals surface area contributed by atoms with E-state index in [0.717, 1.165) is 37.4 Å². The van der Waals surface area contributed by atoms with E-state index >= 15 is 0 Å². The second-order valence-corrected chi connectivity index (χ2v) is 9.41. The van der Waals surface area contributed by atoms with Crippen molar-refractivity contribution in [3.05, 3.63) is 65.5 Å². The maximum Gasteiger partial charge on any atom is 0.255 e. The zero-order valence-electron chi connectivity index (χ0n) is 19.7. The van der Waals surface area contributed by atoms with E-state index in [1.165, 1.54) is 12.1 Å². The van der Waals surface area contributed by atoms with Gasteiger partial charge >= 0.3 is 0 Å². The Morgan fingerprint density at radius 3 is 2.72 bits per heavy atom. The molecule has 5 rings (SSSR count). The van der Waals surface area contributed by atoms with Gasteiger partial charge < -0.3 is 15.0 Å². The predicted molar refractivity (Wildman–Crippen MR) is 132 cm³/mol. The third-order valence-electron chi connectivity index (χ3n) is 7.27. The fraction of sp³-hybridized carbons (Fsp3) is 0.385. The van der Waals surface area contributed by atoms with Crippen LogP contribution in [0.25, 0.3) is 5.52 Å². The number of aromatic nitrogens is 2. The molecule has 1 saturated heterocycles. The van der Waals surface area contributed by atoms with Gasteiger partial charge in [-0.3, -0.25) is 15.6 Å². The maximum atomic E-state index is 14.5. The molecule has 10 heteroatoms. The summed E-state index contributed by atoms with van der Waals surface area (Å²) in [6, 6.07) is 7.02. The van der Waals surface area contributed by atoms with Crippen molar-refractivity contribution in [2.75, 3.05) is 11.4 Å². The van der Waals surface area contributed by atoms with Crippen LogP contribution < -0.4 is 10.2 Å². The number of benzene rings is 1. The fourth-order valence-corrected chi connectivity index (χ4v) is 5.41. The number of anilines is 1. The maximum absolute atomic E-state index is 14.5. The average Bonchev–Trinajstić information content (AvgIpc) is 3.53. The third-order valence-corrected chi connectivity index (χ3v) is 7.27. The van der Waals surface area contributed by atoms with Gasteiger partial charge in [0.25, 0.3) is 5.91 Å². The lowest BCUT2D eigenvalue weighted by atomic mass is 9.86. The SMILES string of the molecule is N=COC(=N)C1CCC(NC(=O)c2cnn3ccc(N4CCC[C@@H]4c4cc(F)ccc4F)cc23)CC1. The standard InChI is InChI=1S/C26H28F2N6O2/c27-17-5-8-22(28)20(12-17)23-2-1-10-33(23)19-9-11-34-24(13-19)21(14-31-34)26(35)32-18-6-3-16(4-7-18)25(30)36-15-29/h5,8-9,11-16,18,23,29-30H,1-4,6-7,10H2,(H,32,35)/t16?,18?,23-/m1/s1. The number of fused-ring (bicyclic) bond motifs is 1. The largest absolute Gasteiger partial charge is 0.432 e. The van der Waals surface area contributed by atoms with Crippen molar-refractivity contribution in [3.63, 3.8) is 0 Å². The number of hydrogen-bond acceptors (Lipinski definition) is 6. The highest BCUT2D eigenvalue weighted by Gasteiger charge is 2.30. The summed E-state index contributed by atoms with van der Waals surface area (Å²) in [6.45, 7) is 0.701. The first kappa shape index (κ1) is 23.9. The fourth-order valence-electron chi connectivity index (χ4n) is 5.41. The second kappa shape index (κ2) is 10.0. The molecule has 0 radical (unpaired) electrons. The minimum Gasteiger partial charge on any atom is -0.432 e. The number of ether oxygens (including phenoxy) is 1. The number of halogens is 2. The van der Waals surface area contributed by atoms with Gasteiger partial charge in [0.15, 0.2) is 12.3 Å². The van der Waals surface area contributed by atoms with Gasteiger partial charge in [-0.2, -0.15) is 5.10 Å². The molecule has 1 amide bonds. The molecular weight excluding hydrogens is 466 g/mol. The smallest absolute Gasteiger partial charge is 0.255 e. The molecule has 1 aliphatic carbocycles.